The molecule has 1 aliphatic rings. The van der Waals surface area contributed by atoms with E-state index in [1.165, 1.54) is 22.3 Å². The molecule has 102 valence electrons. The smallest absolute Gasteiger partial charge is 0.122 e. The number of benzene rings is 2. The van der Waals surface area contributed by atoms with Crippen molar-refractivity contribution in [2.75, 3.05) is 7.11 Å². The van der Waals surface area contributed by atoms with Crippen LogP contribution in [0.5, 0.6) is 5.75 Å². The van der Waals surface area contributed by atoms with Crippen molar-refractivity contribution in [1.29, 1.82) is 0 Å². The van der Waals surface area contributed by atoms with Crippen LogP contribution in [-0.4, -0.2) is 7.11 Å². The molecule has 0 amide bonds. The molecule has 20 heavy (non-hydrogen) atoms. The predicted octanol–water partition coefficient (Wildman–Crippen LogP) is 4.61. The fraction of sp³-hybridized carbons (Fsp3) is 0.263. The Morgan fingerprint density at radius 2 is 1.65 bits per heavy atom. The molecule has 0 unspecified atom stereocenters. The quantitative estimate of drug-likeness (QED) is 0.786. The monoisotopic (exact) mass is 264 g/mol. The number of hydrogen-bond donors (Lipinski definition) is 0. The van der Waals surface area contributed by atoms with E-state index in [1.807, 2.05) is 12.1 Å². The topological polar surface area (TPSA) is 9.23 Å². The molecule has 0 saturated heterocycles. The van der Waals surface area contributed by atoms with E-state index in [2.05, 4.69) is 56.3 Å². The van der Waals surface area contributed by atoms with Gasteiger partial charge >= 0.3 is 0 Å². The van der Waals surface area contributed by atoms with E-state index in [0.29, 0.717) is 0 Å². The Morgan fingerprint density at radius 1 is 0.950 bits per heavy atom. The second-order valence-corrected chi connectivity index (χ2v) is 5.80. The van der Waals surface area contributed by atoms with Crippen molar-refractivity contribution in [1.82, 2.24) is 0 Å². The molecule has 0 atom stereocenters. The summed E-state index contributed by atoms with van der Waals surface area (Å²) in [7, 11) is 1.74. The first-order chi connectivity index (χ1) is 9.64. The number of hydrogen-bond acceptors (Lipinski definition) is 1. The van der Waals surface area contributed by atoms with Crippen molar-refractivity contribution >= 4 is 5.57 Å². The Labute approximate surface area is 120 Å². The molecule has 3 rings (SSSR count). The van der Waals surface area contributed by atoms with E-state index in [0.717, 1.165) is 12.2 Å². The third kappa shape index (κ3) is 1.94. The molecule has 0 fully saturated rings. The zero-order chi connectivity index (χ0) is 14.2. The van der Waals surface area contributed by atoms with Gasteiger partial charge in [-0.1, -0.05) is 62.4 Å². The molecule has 0 aliphatic heterocycles. The molecular weight excluding hydrogens is 244 g/mol. The fourth-order valence-electron chi connectivity index (χ4n) is 3.18. The van der Waals surface area contributed by atoms with Gasteiger partial charge in [-0.3, -0.25) is 0 Å². The van der Waals surface area contributed by atoms with Crippen LogP contribution in [0.4, 0.5) is 0 Å². The minimum absolute atomic E-state index is 0.0563. The standard InChI is InChI=1S/C19H20O/c1-19(2,17-10-6-7-11-18(17)20-3)16-13-12-14-8-4-5-9-15(14)16/h4-11,13H,12H2,1-3H3. The van der Waals surface area contributed by atoms with Gasteiger partial charge in [0.1, 0.15) is 5.75 Å². The van der Waals surface area contributed by atoms with Gasteiger partial charge in [0.05, 0.1) is 7.11 Å². The molecule has 0 bridgehead atoms. The van der Waals surface area contributed by atoms with Gasteiger partial charge in [0, 0.05) is 11.0 Å². The van der Waals surface area contributed by atoms with Crippen molar-refractivity contribution < 1.29 is 4.74 Å². The lowest BCUT2D eigenvalue weighted by atomic mass is 9.75. The lowest BCUT2D eigenvalue weighted by molar-refractivity contribution is 0.403. The summed E-state index contributed by atoms with van der Waals surface area (Å²) in [6.45, 7) is 4.55. The van der Waals surface area contributed by atoms with Gasteiger partial charge in [0.2, 0.25) is 0 Å². The van der Waals surface area contributed by atoms with Crippen LogP contribution in [0.15, 0.2) is 54.6 Å². The summed E-state index contributed by atoms with van der Waals surface area (Å²) in [6.07, 6.45) is 3.39. The van der Waals surface area contributed by atoms with Gasteiger partial charge in [-0.15, -0.1) is 0 Å². The van der Waals surface area contributed by atoms with Crippen molar-refractivity contribution in [2.45, 2.75) is 25.7 Å². The molecule has 1 nitrogen and oxygen atoms in total. The minimum Gasteiger partial charge on any atom is -0.496 e. The zero-order valence-corrected chi connectivity index (χ0v) is 12.3. The van der Waals surface area contributed by atoms with Crippen LogP contribution >= 0.6 is 0 Å². The van der Waals surface area contributed by atoms with Gasteiger partial charge in [0.15, 0.2) is 0 Å². The Balaban J connectivity index is 2.10. The third-order valence-corrected chi connectivity index (χ3v) is 4.29. The zero-order valence-electron chi connectivity index (χ0n) is 12.3. The molecule has 0 radical (unpaired) electrons. The second-order valence-electron chi connectivity index (χ2n) is 5.80. The van der Waals surface area contributed by atoms with Gasteiger partial charge < -0.3 is 4.74 Å². The first kappa shape index (κ1) is 13.0. The van der Waals surface area contributed by atoms with Crippen LogP contribution in [0.3, 0.4) is 0 Å². The normalized spacial score (nSPS) is 13.8. The van der Waals surface area contributed by atoms with Crippen LogP contribution < -0.4 is 4.74 Å². The molecule has 0 aromatic heterocycles. The molecule has 1 aliphatic carbocycles. The van der Waals surface area contributed by atoms with Crippen LogP contribution in [0, 0.1) is 0 Å². The highest BCUT2D eigenvalue weighted by molar-refractivity contribution is 5.80. The van der Waals surface area contributed by atoms with E-state index in [1.54, 1.807) is 7.11 Å². The maximum absolute atomic E-state index is 5.55. The van der Waals surface area contributed by atoms with Crippen LogP contribution in [0.25, 0.3) is 5.57 Å². The van der Waals surface area contributed by atoms with Gasteiger partial charge in [-0.2, -0.15) is 0 Å². The summed E-state index contributed by atoms with van der Waals surface area (Å²) in [6, 6.07) is 17.0. The fourth-order valence-corrected chi connectivity index (χ4v) is 3.18. The maximum Gasteiger partial charge on any atom is 0.122 e. The Morgan fingerprint density at radius 3 is 2.45 bits per heavy atom. The molecule has 0 spiro atoms. The molecule has 0 heterocycles. The average Bonchev–Trinajstić information content (AvgIpc) is 2.92. The van der Waals surface area contributed by atoms with E-state index < -0.39 is 0 Å². The Kier molecular flexibility index (Phi) is 3.13. The van der Waals surface area contributed by atoms with Gasteiger partial charge in [0.25, 0.3) is 0 Å². The number of fused-ring (bicyclic) bond motifs is 1. The van der Waals surface area contributed by atoms with E-state index in [9.17, 15) is 0 Å². The molecular formula is C19H20O. The summed E-state index contributed by atoms with van der Waals surface area (Å²) in [4.78, 5) is 0. The van der Waals surface area contributed by atoms with Gasteiger partial charge in [-0.05, 0) is 29.2 Å². The molecule has 1 heteroatoms. The van der Waals surface area contributed by atoms with Crippen LogP contribution in [0.2, 0.25) is 0 Å². The average molecular weight is 264 g/mol. The largest absolute Gasteiger partial charge is 0.496 e. The van der Waals surface area contributed by atoms with Crippen molar-refractivity contribution in [2.24, 2.45) is 0 Å². The van der Waals surface area contributed by atoms with E-state index in [-0.39, 0.29) is 5.41 Å². The van der Waals surface area contributed by atoms with E-state index >= 15 is 0 Å². The van der Waals surface area contributed by atoms with Crippen molar-refractivity contribution in [3.8, 4) is 5.75 Å². The highest BCUT2D eigenvalue weighted by atomic mass is 16.5. The molecule has 0 saturated carbocycles. The number of para-hydroxylation sites is 1. The van der Waals surface area contributed by atoms with Crippen LogP contribution in [0.1, 0.15) is 30.5 Å². The molecule has 2 aromatic rings. The first-order valence-corrected chi connectivity index (χ1v) is 7.07. The Hall–Kier alpha value is -2.02. The lowest BCUT2D eigenvalue weighted by Gasteiger charge is -2.29. The summed E-state index contributed by atoms with van der Waals surface area (Å²) in [5.41, 5.74) is 5.39. The van der Waals surface area contributed by atoms with Crippen molar-refractivity contribution in [3.63, 3.8) is 0 Å². The Bertz CT molecular complexity index is 665. The third-order valence-electron chi connectivity index (χ3n) is 4.29. The predicted molar refractivity (Wildman–Crippen MR) is 84.1 cm³/mol. The lowest BCUT2D eigenvalue weighted by Crippen LogP contribution is -2.19. The highest BCUT2D eigenvalue weighted by Gasteiger charge is 2.32. The van der Waals surface area contributed by atoms with E-state index in [4.69, 9.17) is 4.74 Å². The highest BCUT2D eigenvalue weighted by Crippen LogP contribution is 2.45. The van der Waals surface area contributed by atoms with Crippen LogP contribution in [-0.2, 0) is 11.8 Å². The number of methoxy groups -OCH3 is 1. The van der Waals surface area contributed by atoms with Crippen molar-refractivity contribution in [3.05, 3.63) is 71.3 Å². The van der Waals surface area contributed by atoms with Gasteiger partial charge in [-0.25, -0.2) is 0 Å². The maximum atomic E-state index is 5.55. The minimum atomic E-state index is -0.0563. The SMILES string of the molecule is COc1ccccc1C(C)(C)C1=CCc2ccccc21. The first-order valence-electron chi connectivity index (χ1n) is 7.07. The summed E-state index contributed by atoms with van der Waals surface area (Å²) >= 11 is 0. The molecule has 0 N–H and O–H groups in total. The number of rotatable bonds is 3. The molecule has 2 aromatic carbocycles. The summed E-state index contributed by atoms with van der Waals surface area (Å²) < 4.78 is 5.55. The summed E-state index contributed by atoms with van der Waals surface area (Å²) in [5.74, 6) is 0.961. The number of allylic oxidation sites excluding steroid dienone is 2. The second kappa shape index (κ2) is 4.82. The number of ether oxygens (including phenoxy) is 1. The summed E-state index contributed by atoms with van der Waals surface area (Å²) in [5, 5.41) is 0.